The highest BCUT2D eigenvalue weighted by atomic mass is 35.5. The van der Waals surface area contributed by atoms with E-state index >= 15 is 0 Å². The van der Waals surface area contributed by atoms with Crippen LogP contribution in [0.5, 0.6) is 5.75 Å². The van der Waals surface area contributed by atoms with E-state index in [0.29, 0.717) is 17.2 Å². The molecule has 0 saturated carbocycles. The number of methoxy groups -OCH3 is 1. The second-order valence-electron chi connectivity index (χ2n) is 7.42. The Bertz CT molecular complexity index is 1260. The van der Waals surface area contributed by atoms with Crippen molar-refractivity contribution in [3.63, 3.8) is 0 Å². The number of amides is 3. The maximum atomic E-state index is 13.4. The standard InChI is InChI=1S/C23H18ClN3O7/c1-33-16-7-5-15(6-8-16)26-21(28)12-20(23(26)30)25(13-17-3-2-10-34-17)22(29)14-4-9-18(24)19(11-14)27(31)32/h2-11,20H,12-13H2,1H3. The Kier molecular flexibility index (Phi) is 6.33. The molecule has 1 aliphatic rings. The summed E-state index contributed by atoms with van der Waals surface area (Å²) in [5.74, 6) is -0.838. The molecule has 1 aromatic heterocycles. The van der Waals surface area contributed by atoms with Crippen LogP contribution < -0.4 is 9.64 Å². The fourth-order valence-corrected chi connectivity index (χ4v) is 3.89. The first kappa shape index (κ1) is 23.0. The Morgan fingerprint density at radius 3 is 2.59 bits per heavy atom. The minimum absolute atomic E-state index is 0.0502. The highest BCUT2D eigenvalue weighted by Crippen LogP contribution is 2.31. The van der Waals surface area contributed by atoms with E-state index in [1.54, 1.807) is 36.4 Å². The number of carbonyl (C=O) groups is 3. The molecule has 0 aliphatic carbocycles. The molecular formula is C23H18ClN3O7. The normalized spacial score (nSPS) is 15.5. The maximum Gasteiger partial charge on any atom is 0.288 e. The number of rotatable bonds is 7. The molecule has 3 amide bonds. The van der Waals surface area contributed by atoms with Gasteiger partial charge in [-0.05, 0) is 48.5 Å². The van der Waals surface area contributed by atoms with E-state index in [9.17, 15) is 24.5 Å². The molecule has 10 nitrogen and oxygen atoms in total. The summed E-state index contributed by atoms with van der Waals surface area (Å²) >= 11 is 5.87. The number of carbonyl (C=O) groups excluding carboxylic acids is 3. The van der Waals surface area contributed by atoms with Gasteiger partial charge >= 0.3 is 0 Å². The minimum atomic E-state index is -1.14. The number of nitrogens with zero attached hydrogens (tertiary/aromatic N) is 3. The molecule has 4 rings (SSSR count). The van der Waals surface area contributed by atoms with Crippen molar-refractivity contribution in [1.82, 2.24) is 4.90 Å². The third-order valence-corrected chi connectivity index (χ3v) is 5.71. The predicted molar refractivity (Wildman–Crippen MR) is 121 cm³/mol. The molecule has 1 unspecified atom stereocenters. The Morgan fingerprint density at radius 1 is 1.24 bits per heavy atom. The zero-order valence-corrected chi connectivity index (χ0v) is 18.6. The van der Waals surface area contributed by atoms with Crippen molar-refractivity contribution >= 4 is 40.7 Å². The zero-order valence-electron chi connectivity index (χ0n) is 17.8. The van der Waals surface area contributed by atoms with E-state index < -0.39 is 34.4 Å². The topological polar surface area (TPSA) is 123 Å². The van der Waals surface area contributed by atoms with Crippen LogP contribution in [-0.2, 0) is 16.1 Å². The predicted octanol–water partition coefficient (Wildman–Crippen LogP) is 3.82. The van der Waals surface area contributed by atoms with Crippen LogP contribution in [0, 0.1) is 10.1 Å². The van der Waals surface area contributed by atoms with Crippen molar-refractivity contribution in [1.29, 1.82) is 0 Å². The number of furan rings is 1. The highest BCUT2D eigenvalue weighted by Gasteiger charge is 2.45. The molecular weight excluding hydrogens is 466 g/mol. The largest absolute Gasteiger partial charge is 0.497 e. The van der Waals surface area contributed by atoms with E-state index in [1.807, 2.05) is 0 Å². The van der Waals surface area contributed by atoms with Crippen molar-refractivity contribution in [2.45, 2.75) is 19.0 Å². The number of hydrogen-bond donors (Lipinski definition) is 0. The zero-order chi connectivity index (χ0) is 24.4. The number of benzene rings is 2. The fourth-order valence-electron chi connectivity index (χ4n) is 3.71. The van der Waals surface area contributed by atoms with Gasteiger partial charge < -0.3 is 14.1 Å². The third-order valence-electron chi connectivity index (χ3n) is 5.39. The van der Waals surface area contributed by atoms with Crippen molar-refractivity contribution < 1.29 is 28.5 Å². The van der Waals surface area contributed by atoms with Crippen LogP contribution in [-0.4, -0.2) is 40.7 Å². The van der Waals surface area contributed by atoms with Gasteiger partial charge in [-0.25, -0.2) is 4.90 Å². The number of nitro groups is 1. The SMILES string of the molecule is COc1ccc(N2C(=O)CC(N(Cc3ccco3)C(=O)c3ccc(Cl)c([N+](=O)[O-])c3)C2=O)cc1. The molecule has 0 N–H and O–H groups in total. The van der Waals surface area contributed by atoms with Crippen LogP contribution in [0.25, 0.3) is 0 Å². The van der Waals surface area contributed by atoms with Crippen molar-refractivity contribution in [3.8, 4) is 5.75 Å². The van der Waals surface area contributed by atoms with Crippen LogP contribution in [0.1, 0.15) is 22.5 Å². The molecule has 3 aromatic rings. The second-order valence-corrected chi connectivity index (χ2v) is 7.83. The first-order valence-electron chi connectivity index (χ1n) is 10.1. The quantitative estimate of drug-likeness (QED) is 0.284. The minimum Gasteiger partial charge on any atom is -0.497 e. The lowest BCUT2D eigenvalue weighted by atomic mass is 10.1. The summed E-state index contributed by atoms with van der Waals surface area (Å²) in [6.07, 6.45) is 1.16. The second kappa shape index (κ2) is 9.36. The van der Waals surface area contributed by atoms with Gasteiger partial charge in [-0.3, -0.25) is 24.5 Å². The van der Waals surface area contributed by atoms with Crippen molar-refractivity contribution in [2.24, 2.45) is 0 Å². The number of imide groups is 1. The average Bonchev–Trinajstić information content (AvgIpc) is 3.44. The third kappa shape index (κ3) is 4.35. The van der Waals surface area contributed by atoms with Gasteiger partial charge in [0.1, 0.15) is 22.6 Å². The van der Waals surface area contributed by atoms with Crippen LogP contribution in [0.2, 0.25) is 5.02 Å². The summed E-state index contributed by atoms with van der Waals surface area (Å²) in [4.78, 5) is 52.3. The van der Waals surface area contributed by atoms with Crippen LogP contribution in [0.15, 0.2) is 65.3 Å². The summed E-state index contributed by atoms with van der Waals surface area (Å²) in [5.41, 5.74) is -0.157. The van der Waals surface area contributed by atoms with Gasteiger partial charge in [0, 0.05) is 11.6 Å². The van der Waals surface area contributed by atoms with E-state index in [4.69, 9.17) is 20.8 Å². The van der Waals surface area contributed by atoms with E-state index in [1.165, 1.54) is 30.4 Å². The molecule has 1 saturated heterocycles. The lowest BCUT2D eigenvalue weighted by molar-refractivity contribution is -0.384. The Morgan fingerprint density at radius 2 is 1.97 bits per heavy atom. The maximum absolute atomic E-state index is 13.4. The Labute approximate surface area is 198 Å². The molecule has 1 aliphatic heterocycles. The molecule has 0 bridgehead atoms. The molecule has 11 heteroatoms. The van der Waals surface area contributed by atoms with Gasteiger partial charge in [-0.1, -0.05) is 11.6 Å². The lowest BCUT2D eigenvalue weighted by Gasteiger charge is -2.27. The Hall–Kier alpha value is -4.18. The number of nitro benzene ring substituents is 1. The molecule has 1 fully saturated rings. The van der Waals surface area contributed by atoms with E-state index in [2.05, 4.69) is 0 Å². The molecule has 0 spiro atoms. The molecule has 0 radical (unpaired) electrons. The summed E-state index contributed by atoms with van der Waals surface area (Å²) in [6, 6.07) is 12.1. The first-order chi connectivity index (χ1) is 16.3. The van der Waals surface area contributed by atoms with E-state index in [0.717, 1.165) is 11.0 Å². The van der Waals surface area contributed by atoms with Gasteiger partial charge in [0.2, 0.25) is 5.91 Å². The summed E-state index contributed by atoms with van der Waals surface area (Å²) in [7, 11) is 1.50. The molecule has 174 valence electrons. The summed E-state index contributed by atoms with van der Waals surface area (Å²) in [6.45, 7) is -0.123. The Balaban J connectivity index is 1.69. The van der Waals surface area contributed by atoms with E-state index in [-0.39, 0.29) is 23.6 Å². The fraction of sp³-hybridized carbons (Fsp3) is 0.174. The van der Waals surface area contributed by atoms with Crippen LogP contribution >= 0.6 is 11.6 Å². The van der Waals surface area contributed by atoms with Gasteiger partial charge in [-0.2, -0.15) is 0 Å². The van der Waals surface area contributed by atoms with Crippen molar-refractivity contribution in [3.05, 3.63) is 87.3 Å². The smallest absolute Gasteiger partial charge is 0.288 e. The number of anilines is 1. The molecule has 2 heterocycles. The van der Waals surface area contributed by atoms with Crippen LogP contribution in [0.3, 0.4) is 0 Å². The van der Waals surface area contributed by atoms with Gasteiger partial charge in [0.15, 0.2) is 0 Å². The molecule has 1 atom stereocenters. The van der Waals surface area contributed by atoms with Crippen LogP contribution in [0.4, 0.5) is 11.4 Å². The van der Waals surface area contributed by atoms with Gasteiger partial charge in [0.05, 0.1) is 36.9 Å². The van der Waals surface area contributed by atoms with Gasteiger partial charge in [-0.15, -0.1) is 0 Å². The highest BCUT2D eigenvalue weighted by molar-refractivity contribution is 6.32. The number of ether oxygens (including phenoxy) is 1. The monoisotopic (exact) mass is 483 g/mol. The summed E-state index contributed by atoms with van der Waals surface area (Å²) < 4.78 is 10.5. The average molecular weight is 484 g/mol. The molecule has 2 aromatic carbocycles. The number of hydrogen-bond acceptors (Lipinski definition) is 7. The number of halogens is 1. The summed E-state index contributed by atoms with van der Waals surface area (Å²) in [5, 5.41) is 11.2. The molecule has 34 heavy (non-hydrogen) atoms. The van der Waals surface area contributed by atoms with Crippen molar-refractivity contribution in [2.75, 3.05) is 12.0 Å². The van der Waals surface area contributed by atoms with Gasteiger partial charge in [0.25, 0.3) is 17.5 Å². The lowest BCUT2D eigenvalue weighted by Crippen LogP contribution is -2.45. The first-order valence-corrected chi connectivity index (χ1v) is 10.5.